The number of hydrogen-bond acceptors (Lipinski definition) is 6. The summed E-state index contributed by atoms with van der Waals surface area (Å²) in [5, 5.41) is 7.68. The molecule has 1 N–H and O–H groups in total. The summed E-state index contributed by atoms with van der Waals surface area (Å²) in [4.78, 5) is 29.8. The minimum absolute atomic E-state index is 0.0617. The van der Waals surface area contributed by atoms with Crippen molar-refractivity contribution in [3.8, 4) is 9.88 Å². The molecule has 5 nitrogen and oxygen atoms in total. The molecule has 0 fully saturated rings. The highest BCUT2D eigenvalue weighted by molar-refractivity contribution is 7.20. The molecule has 3 rings (SSSR count). The second-order valence-electron chi connectivity index (χ2n) is 6.28. The molecule has 0 aliphatic heterocycles. The fraction of sp³-hybridized carbons (Fsp3) is 0.286. The van der Waals surface area contributed by atoms with Gasteiger partial charge in [0.1, 0.15) is 5.01 Å². The molecule has 0 saturated heterocycles. The number of aromatic nitrogens is 1. The lowest BCUT2D eigenvalue weighted by Crippen LogP contribution is -2.32. The number of nitrogens with zero attached hydrogens (tertiary/aromatic N) is 1. The van der Waals surface area contributed by atoms with Crippen molar-refractivity contribution in [1.82, 2.24) is 10.3 Å². The fourth-order valence-corrected chi connectivity index (χ4v) is 4.41. The van der Waals surface area contributed by atoms with Crippen LogP contribution in [-0.2, 0) is 20.7 Å². The number of thiophene rings is 1. The molecule has 1 atom stereocenters. The highest BCUT2D eigenvalue weighted by atomic mass is 32.1. The molecular formula is C21H22N2O3S2. The van der Waals surface area contributed by atoms with E-state index in [1.165, 1.54) is 11.3 Å². The van der Waals surface area contributed by atoms with Crippen LogP contribution >= 0.6 is 22.7 Å². The monoisotopic (exact) mass is 414 g/mol. The molecule has 0 spiro atoms. The van der Waals surface area contributed by atoms with E-state index in [1.807, 2.05) is 53.2 Å². The molecule has 0 radical (unpaired) electrons. The number of esters is 1. The third-order valence-electron chi connectivity index (χ3n) is 4.09. The van der Waals surface area contributed by atoms with Crippen molar-refractivity contribution in [2.75, 3.05) is 6.61 Å². The summed E-state index contributed by atoms with van der Waals surface area (Å²) < 4.78 is 5.14. The summed E-state index contributed by atoms with van der Waals surface area (Å²) in [6.45, 7) is 1.79. The summed E-state index contributed by atoms with van der Waals surface area (Å²) in [5.74, 6) is -0.752. The van der Waals surface area contributed by atoms with Crippen molar-refractivity contribution in [2.45, 2.75) is 32.2 Å². The molecule has 3 aromatic rings. The Labute approximate surface area is 172 Å². The van der Waals surface area contributed by atoms with Crippen LogP contribution in [0.1, 0.15) is 37.1 Å². The molecule has 0 bridgehead atoms. The van der Waals surface area contributed by atoms with Crippen molar-refractivity contribution in [2.24, 2.45) is 0 Å². The molecule has 28 heavy (non-hydrogen) atoms. The smallest absolute Gasteiger partial charge is 0.312 e. The maximum absolute atomic E-state index is 12.2. The molecule has 0 aliphatic rings. The molecule has 0 saturated carbocycles. The maximum Gasteiger partial charge on any atom is 0.312 e. The van der Waals surface area contributed by atoms with E-state index in [1.54, 1.807) is 11.3 Å². The van der Waals surface area contributed by atoms with Gasteiger partial charge < -0.3 is 10.1 Å². The van der Waals surface area contributed by atoms with E-state index in [-0.39, 0.29) is 25.0 Å². The zero-order valence-corrected chi connectivity index (χ0v) is 17.2. The molecule has 0 aliphatic carbocycles. The van der Waals surface area contributed by atoms with E-state index < -0.39 is 5.97 Å². The van der Waals surface area contributed by atoms with E-state index in [9.17, 15) is 9.59 Å². The second-order valence-corrected chi connectivity index (χ2v) is 8.08. The number of amides is 1. The Morgan fingerprint density at radius 2 is 1.96 bits per heavy atom. The van der Waals surface area contributed by atoms with Gasteiger partial charge in [-0.25, -0.2) is 4.98 Å². The van der Waals surface area contributed by atoms with Crippen LogP contribution in [-0.4, -0.2) is 23.5 Å². The quantitative estimate of drug-likeness (QED) is 0.519. The van der Waals surface area contributed by atoms with Crippen molar-refractivity contribution in [3.05, 3.63) is 64.5 Å². The third-order valence-corrected chi connectivity index (χ3v) is 6.02. The Kier molecular flexibility index (Phi) is 7.33. The Balaban J connectivity index is 1.48. The first-order chi connectivity index (χ1) is 13.7. The van der Waals surface area contributed by atoms with E-state index >= 15 is 0 Å². The number of ether oxygens (including phenoxy) is 1. The Morgan fingerprint density at radius 3 is 2.68 bits per heavy atom. The Bertz CT molecular complexity index is 892. The molecule has 1 amide bonds. The van der Waals surface area contributed by atoms with Gasteiger partial charge in [-0.1, -0.05) is 49.7 Å². The number of rotatable bonds is 9. The number of benzene rings is 1. The van der Waals surface area contributed by atoms with Gasteiger partial charge in [-0.3, -0.25) is 9.59 Å². The molecular weight excluding hydrogens is 392 g/mol. The largest absolute Gasteiger partial charge is 0.455 e. The maximum atomic E-state index is 12.2. The molecule has 2 heterocycles. The van der Waals surface area contributed by atoms with Gasteiger partial charge in [0.05, 0.1) is 23.0 Å². The fourth-order valence-electron chi connectivity index (χ4n) is 2.78. The van der Waals surface area contributed by atoms with Crippen molar-refractivity contribution >= 4 is 34.6 Å². The highest BCUT2D eigenvalue weighted by Crippen LogP contribution is 2.27. The summed E-state index contributed by atoms with van der Waals surface area (Å²) in [7, 11) is 0. The lowest BCUT2D eigenvalue weighted by Gasteiger charge is -2.18. The molecule has 1 unspecified atom stereocenters. The van der Waals surface area contributed by atoms with Gasteiger partial charge in [-0.2, -0.15) is 0 Å². The first kappa shape index (κ1) is 20.2. The lowest BCUT2D eigenvalue weighted by atomic mass is 10.0. The lowest BCUT2D eigenvalue weighted by molar-refractivity contribution is -0.148. The predicted molar refractivity (Wildman–Crippen MR) is 112 cm³/mol. The standard InChI is InChI=1S/C21H22N2O3S2/c1-2-7-17(15-8-4-3-5-9-15)23-19(24)13-26-20(25)12-16-14-28-21(22-16)18-10-6-11-27-18/h3-6,8-11,14,17H,2,7,12-13H2,1H3,(H,23,24). The van der Waals surface area contributed by atoms with Crippen LogP contribution in [0.3, 0.4) is 0 Å². The Hall–Kier alpha value is -2.51. The minimum Gasteiger partial charge on any atom is -0.455 e. The van der Waals surface area contributed by atoms with E-state index in [0.717, 1.165) is 28.3 Å². The van der Waals surface area contributed by atoms with Crippen LogP contribution in [0.5, 0.6) is 0 Å². The van der Waals surface area contributed by atoms with E-state index in [2.05, 4.69) is 17.2 Å². The van der Waals surface area contributed by atoms with Crippen LogP contribution in [0.25, 0.3) is 9.88 Å². The predicted octanol–water partition coefficient (Wildman–Crippen LogP) is 4.61. The average molecular weight is 415 g/mol. The summed E-state index contributed by atoms with van der Waals surface area (Å²) in [6.07, 6.45) is 1.83. The number of thiazole rings is 1. The van der Waals surface area contributed by atoms with Gasteiger partial charge in [-0.05, 0) is 23.4 Å². The van der Waals surface area contributed by atoms with Crippen molar-refractivity contribution < 1.29 is 14.3 Å². The zero-order valence-electron chi connectivity index (χ0n) is 15.6. The first-order valence-corrected chi connectivity index (χ1v) is 10.9. The van der Waals surface area contributed by atoms with Crippen LogP contribution in [0.4, 0.5) is 0 Å². The minimum atomic E-state index is -0.454. The first-order valence-electron chi connectivity index (χ1n) is 9.14. The summed E-state index contributed by atoms with van der Waals surface area (Å²) in [6, 6.07) is 13.7. The molecule has 2 aromatic heterocycles. The van der Waals surface area contributed by atoms with E-state index in [0.29, 0.717) is 5.69 Å². The van der Waals surface area contributed by atoms with Crippen LogP contribution in [0, 0.1) is 0 Å². The summed E-state index contributed by atoms with van der Waals surface area (Å²) >= 11 is 3.11. The Morgan fingerprint density at radius 1 is 1.14 bits per heavy atom. The number of carbonyl (C=O) groups excluding carboxylic acids is 2. The van der Waals surface area contributed by atoms with Crippen LogP contribution in [0.15, 0.2) is 53.2 Å². The van der Waals surface area contributed by atoms with Gasteiger partial charge in [-0.15, -0.1) is 22.7 Å². The average Bonchev–Trinajstić information content (AvgIpc) is 3.38. The summed E-state index contributed by atoms with van der Waals surface area (Å²) in [5.41, 5.74) is 1.71. The second kappa shape index (κ2) is 10.1. The van der Waals surface area contributed by atoms with Gasteiger partial charge in [0.15, 0.2) is 6.61 Å². The van der Waals surface area contributed by atoms with Crippen LogP contribution in [0.2, 0.25) is 0 Å². The topological polar surface area (TPSA) is 68.3 Å². The van der Waals surface area contributed by atoms with Crippen molar-refractivity contribution in [1.29, 1.82) is 0 Å². The number of hydrogen-bond donors (Lipinski definition) is 1. The van der Waals surface area contributed by atoms with E-state index in [4.69, 9.17) is 4.74 Å². The van der Waals surface area contributed by atoms with Crippen LogP contribution < -0.4 is 5.32 Å². The molecule has 1 aromatic carbocycles. The molecule has 146 valence electrons. The van der Waals surface area contributed by atoms with Gasteiger partial charge in [0.25, 0.3) is 5.91 Å². The van der Waals surface area contributed by atoms with Gasteiger partial charge in [0.2, 0.25) is 0 Å². The van der Waals surface area contributed by atoms with Gasteiger partial charge in [0, 0.05) is 5.38 Å². The number of carbonyl (C=O) groups is 2. The van der Waals surface area contributed by atoms with Gasteiger partial charge >= 0.3 is 5.97 Å². The zero-order chi connectivity index (χ0) is 19.8. The number of nitrogens with one attached hydrogen (secondary N) is 1. The highest BCUT2D eigenvalue weighted by Gasteiger charge is 2.16. The molecule has 7 heteroatoms. The third kappa shape index (κ3) is 5.74. The SMILES string of the molecule is CCCC(NC(=O)COC(=O)Cc1csc(-c2cccs2)n1)c1ccccc1. The normalized spacial score (nSPS) is 11.8. The van der Waals surface area contributed by atoms with Crippen molar-refractivity contribution in [3.63, 3.8) is 0 Å².